The Morgan fingerprint density at radius 3 is 2.75 bits per heavy atom. The first-order valence-electron chi connectivity index (χ1n) is 6.88. The van der Waals surface area contributed by atoms with Crippen LogP contribution in [0.5, 0.6) is 0 Å². The molecule has 0 bridgehead atoms. The van der Waals surface area contributed by atoms with E-state index in [4.69, 9.17) is 5.73 Å². The van der Waals surface area contributed by atoms with E-state index in [-0.39, 0.29) is 0 Å². The monoisotopic (exact) mass is 273 g/mol. The van der Waals surface area contributed by atoms with Gasteiger partial charge in [-0.2, -0.15) is 5.10 Å². The zero-order chi connectivity index (χ0) is 14.7. The summed E-state index contributed by atoms with van der Waals surface area (Å²) in [6, 6.07) is 8.21. The molecule has 5 nitrogen and oxygen atoms in total. The van der Waals surface area contributed by atoms with E-state index in [1.807, 2.05) is 38.0 Å². The Hall–Kier alpha value is -2.17. The average Bonchev–Trinajstić information content (AvgIpc) is 2.67. The minimum absolute atomic E-state index is 0.740. The van der Waals surface area contributed by atoms with E-state index in [9.17, 15) is 0 Å². The largest absolute Gasteiger partial charge is 0.394 e. The quantitative estimate of drug-likeness (QED) is 0.879. The molecule has 2 rings (SSSR count). The Morgan fingerprint density at radius 2 is 2.10 bits per heavy atom. The Kier molecular flexibility index (Phi) is 4.17. The molecule has 0 saturated heterocycles. The SMILES string of the molecule is CCCc1nn(C)c(Nc2cccc(N(C)C)c2)c1N. The standard InChI is InChI=1S/C15H23N5/c1-5-7-13-14(16)15(20(4)18-13)17-11-8-6-9-12(10-11)19(2)3/h6,8-10,17H,5,7,16H2,1-4H3. The molecule has 1 aromatic heterocycles. The molecule has 5 heteroatoms. The van der Waals surface area contributed by atoms with Crippen LogP contribution < -0.4 is 16.0 Å². The molecule has 0 unspecified atom stereocenters. The Labute approximate surface area is 120 Å². The molecule has 1 aromatic carbocycles. The Bertz CT molecular complexity index is 586. The molecule has 0 fully saturated rings. The maximum absolute atomic E-state index is 6.18. The van der Waals surface area contributed by atoms with Crippen molar-refractivity contribution in [2.24, 2.45) is 7.05 Å². The first-order valence-corrected chi connectivity index (χ1v) is 6.88. The summed E-state index contributed by atoms with van der Waals surface area (Å²) in [5.74, 6) is 0.851. The van der Waals surface area contributed by atoms with Crippen LogP contribution in [0.25, 0.3) is 0 Å². The van der Waals surface area contributed by atoms with Crippen LogP contribution in [0.1, 0.15) is 19.0 Å². The summed E-state index contributed by atoms with van der Waals surface area (Å²) >= 11 is 0. The summed E-state index contributed by atoms with van der Waals surface area (Å²) in [5, 5.41) is 7.84. The van der Waals surface area contributed by atoms with Gasteiger partial charge in [0, 0.05) is 32.5 Å². The van der Waals surface area contributed by atoms with E-state index >= 15 is 0 Å². The predicted octanol–water partition coefficient (Wildman–Crippen LogP) is 2.76. The molecular weight excluding hydrogens is 250 g/mol. The summed E-state index contributed by atoms with van der Waals surface area (Å²) in [5.41, 5.74) is 10.0. The fourth-order valence-electron chi connectivity index (χ4n) is 2.16. The van der Waals surface area contributed by atoms with E-state index in [2.05, 4.69) is 34.4 Å². The number of aryl methyl sites for hydroxylation is 2. The third kappa shape index (κ3) is 2.87. The van der Waals surface area contributed by atoms with Gasteiger partial charge in [0.25, 0.3) is 0 Å². The van der Waals surface area contributed by atoms with Gasteiger partial charge >= 0.3 is 0 Å². The highest BCUT2D eigenvalue weighted by molar-refractivity contribution is 5.73. The molecule has 2 aromatic rings. The molecule has 0 aliphatic rings. The topological polar surface area (TPSA) is 59.1 Å². The van der Waals surface area contributed by atoms with Crippen molar-refractivity contribution < 1.29 is 0 Å². The van der Waals surface area contributed by atoms with Gasteiger partial charge in [0.15, 0.2) is 5.82 Å². The van der Waals surface area contributed by atoms with Gasteiger partial charge < -0.3 is 16.0 Å². The lowest BCUT2D eigenvalue weighted by molar-refractivity contribution is 0.740. The fraction of sp³-hybridized carbons (Fsp3) is 0.400. The average molecular weight is 273 g/mol. The summed E-state index contributed by atoms with van der Waals surface area (Å²) in [7, 11) is 5.96. The smallest absolute Gasteiger partial charge is 0.152 e. The molecule has 108 valence electrons. The van der Waals surface area contributed by atoms with E-state index in [1.165, 1.54) is 0 Å². The van der Waals surface area contributed by atoms with Crippen LogP contribution in [0, 0.1) is 0 Å². The van der Waals surface area contributed by atoms with Crippen molar-refractivity contribution in [3.05, 3.63) is 30.0 Å². The predicted molar refractivity (Wildman–Crippen MR) is 85.7 cm³/mol. The highest BCUT2D eigenvalue weighted by atomic mass is 15.3. The lowest BCUT2D eigenvalue weighted by atomic mass is 10.2. The lowest BCUT2D eigenvalue weighted by Gasteiger charge is -2.14. The highest BCUT2D eigenvalue weighted by Gasteiger charge is 2.12. The number of benzene rings is 1. The highest BCUT2D eigenvalue weighted by Crippen LogP contribution is 2.28. The summed E-state index contributed by atoms with van der Waals surface area (Å²) in [4.78, 5) is 2.07. The first-order chi connectivity index (χ1) is 9.52. The van der Waals surface area contributed by atoms with Crippen LogP contribution in [0.2, 0.25) is 0 Å². The Morgan fingerprint density at radius 1 is 1.35 bits per heavy atom. The van der Waals surface area contributed by atoms with Gasteiger partial charge in [0.05, 0.1) is 11.4 Å². The normalized spacial score (nSPS) is 10.6. The number of nitrogens with one attached hydrogen (secondary N) is 1. The minimum Gasteiger partial charge on any atom is -0.394 e. The molecule has 20 heavy (non-hydrogen) atoms. The van der Waals surface area contributed by atoms with Gasteiger partial charge in [-0.1, -0.05) is 19.4 Å². The van der Waals surface area contributed by atoms with Crippen LogP contribution >= 0.6 is 0 Å². The third-order valence-corrected chi connectivity index (χ3v) is 3.27. The second-order valence-electron chi connectivity index (χ2n) is 5.15. The number of nitrogen functional groups attached to an aromatic ring is 1. The van der Waals surface area contributed by atoms with Gasteiger partial charge in [0.1, 0.15) is 0 Å². The first kappa shape index (κ1) is 14.2. The number of rotatable bonds is 5. The van der Waals surface area contributed by atoms with Crippen LogP contribution in [0.3, 0.4) is 0 Å². The van der Waals surface area contributed by atoms with Crippen molar-refractivity contribution in [1.82, 2.24) is 9.78 Å². The minimum atomic E-state index is 0.740. The van der Waals surface area contributed by atoms with Crippen molar-refractivity contribution in [2.75, 3.05) is 30.0 Å². The van der Waals surface area contributed by atoms with Gasteiger partial charge in [-0.15, -0.1) is 0 Å². The van der Waals surface area contributed by atoms with E-state index in [0.717, 1.165) is 41.4 Å². The molecule has 0 spiro atoms. The second kappa shape index (κ2) is 5.86. The molecule has 1 heterocycles. The number of anilines is 4. The van der Waals surface area contributed by atoms with E-state index < -0.39 is 0 Å². The second-order valence-corrected chi connectivity index (χ2v) is 5.15. The maximum Gasteiger partial charge on any atom is 0.152 e. The molecular formula is C15H23N5. The van der Waals surface area contributed by atoms with Crippen molar-refractivity contribution in [3.63, 3.8) is 0 Å². The number of aromatic nitrogens is 2. The van der Waals surface area contributed by atoms with Gasteiger partial charge in [0.2, 0.25) is 0 Å². The van der Waals surface area contributed by atoms with Crippen molar-refractivity contribution in [3.8, 4) is 0 Å². The molecule has 3 N–H and O–H groups in total. The van der Waals surface area contributed by atoms with Gasteiger partial charge in [-0.05, 0) is 24.6 Å². The summed E-state index contributed by atoms with van der Waals surface area (Å²) < 4.78 is 1.81. The van der Waals surface area contributed by atoms with E-state index in [0.29, 0.717) is 0 Å². The molecule has 0 aliphatic heterocycles. The molecule has 0 atom stereocenters. The number of hydrogen-bond acceptors (Lipinski definition) is 4. The number of hydrogen-bond donors (Lipinski definition) is 2. The molecule has 0 amide bonds. The van der Waals surface area contributed by atoms with Crippen LogP contribution in [0.15, 0.2) is 24.3 Å². The maximum atomic E-state index is 6.18. The van der Waals surface area contributed by atoms with Gasteiger partial charge in [-0.25, -0.2) is 0 Å². The van der Waals surface area contributed by atoms with Gasteiger partial charge in [-0.3, -0.25) is 4.68 Å². The lowest BCUT2D eigenvalue weighted by Crippen LogP contribution is -2.09. The molecule has 0 radical (unpaired) electrons. The number of nitrogens with two attached hydrogens (primary N) is 1. The number of nitrogens with zero attached hydrogens (tertiary/aromatic N) is 3. The summed E-state index contributed by atoms with van der Waals surface area (Å²) in [6.07, 6.45) is 1.94. The third-order valence-electron chi connectivity index (χ3n) is 3.27. The molecule has 0 aliphatic carbocycles. The Balaban J connectivity index is 2.28. The van der Waals surface area contributed by atoms with Crippen LogP contribution in [0.4, 0.5) is 22.9 Å². The zero-order valence-electron chi connectivity index (χ0n) is 12.6. The van der Waals surface area contributed by atoms with Crippen molar-refractivity contribution >= 4 is 22.9 Å². The fourth-order valence-corrected chi connectivity index (χ4v) is 2.16. The van der Waals surface area contributed by atoms with Crippen LogP contribution in [-0.4, -0.2) is 23.9 Å². The van der Waals surface area contributed by atoms with E-state index in [1.54, 1.807) is 0 Å². The van der Waals surface area contributed by atoms with Crippen molar-refractivity contribution in [1.29, 1.82) is 0 Å². The van der Waals surface area contributed by atoms with Crippen molar-refractivity contribution in [2.45, 2.75) is 19.8 Å². The summed E-state index contributed by atoms with van der Waals surface area (Å²) in [6.45, 7) is 2.13. The van der Waals surface area contributed by atoms with Crippen LogP contribution in [-0.2, 0) is 13.5 Å². The zero-order valence-corrected chi connectivity index (χ0v) is 12.6. The molecule has 0 saturated carbocycles.